The van der Waals surface area contributed by atoms with Crippen molar-refractivity contribution >= 4 is 34.6 Å². The van der Waals surface area contributed by atoms with E-state index in [1.165, 1.54) is 0 Å². The minimum atomic E-state index is -0.472. The highest BCUT2D eigenvalue weighted by atomic mass is 32.2. The van der Waals surface area contributed by atoms with Crippen molar-refractivity contribution in [3.8, 4) is 5.69 Å². The number of imide groups is 1. The van der Waals surface area contributed by atoms with Crippen molar-refractivity contribution in [1.82, 2.24) is 20.2 Å². The van der Waals surface area contributed by atoms with E-state index in [0.29, 0.717) is 16.1 Å². The second-order valence-electron chi connectivity index (χ2n) is 8.13. The van der Waals surface area contributed by atoms with E-state index < -0.39 is 11.9 Å². The zero-order chi connectivity index (χ0) is 22.7. The molecule has 0 spiro atoms. The van der Waals surface area contributed by atoms with Crippen LogP contribution >= 0.6 is 11.8 Å². The Labute approximate surface area is 190 Å². The highest BCUT2D eigenvalue weighted by Crippen LogP contribution is 2.24. The van der Waals surface area contributed by atoms with Gasteiger partial charge in [0.15, 0.2) is 5.16 Å². The Bertz CT molecular complexity index is 1230. The molecular formula is C24H26N4O3S. The second-order valence-corrected chi connectivity index (χ2v) is 9.08. The Kier molecular flexibility index (Phi) is 6.60. The van der Waals surface area contributed by atoms with Crippen molar-refractivity contribution in [2.45, 2.75) is 50.7 Å². The van der Waals surface area contributed by atoms with Crippen LogP contribution in [-0.2, 0) is 4.79 Å². The lowest BCUT2D eigenvalue weighted by Crippen LogP contribution is -2.44. The smallest absolute Gasteiger partial charge is 0.321 e. The number of thioether (sulfide) groups is 1. The van der Waals surface area contributed by atoms with E-state index in [0.717, 1.165) is 54.3 Å². The van der Waals surface area contributed by atoms with Gasteiger partial charge in [-0.2, -0.15) is 0 Å². The Morgan fingerprint density at radius 3 is 2.62 bits per heavy atom. The van der Waals surface area contributed by atoms with E-state index in [1.54, 1.807) is 22.8 Å². The van der Waals surface area contributed by atoms with Gasteiger partial charge in [-0.25, -0.2) is 9.78 Å². The summed E-state index contributed by atoms with van der Waals surface area (Å²) in [5.41, 5.74) is 3.13. The number of aromatic nitrogens is 2. The van der Waals surface area contributed by atoms with Crippen LogP contribution in [0.15, 0.2) is 52.4 Å². The molecule has 1 heterocycles. The van der Waals surface area contributed by atoms with E-state index in [2.05, 4.69) is 15.6 Å². The van der Waals surface area contributed by atoms with Gasteiger partial charge in [-0.3, -0.25) is 19.5 Å². The Morgan fingerprint density at radius 1 is 1.12 bits per heavy atom. The van der Waals surface area contributed by atoms with Gasteiger partial charge in [-0.05, 0) is 50.5 Å². The summed E-state index contributed by atoms with van der Waals surface area (Å²) in [5, 5.41) is 6.14. The Balaban J connectivity index is 1.59. The van der Waals surface area contributed by atoms with E-state index >= 15 is 0 Å². The number of hydrogen-bond donors (Lipinski definition) is 2. The summed E-state index contributed by atoms with van der Waals surface area (Å²) in [6.45, 7) is 3.94. The predicted octanol–water partition coefficient (Wildman–Crippen LogP) is 3.86. The van der Waals surface area contributed by atoms with Crippen molar-refractivity contribution < 1.29 is 9.59 Å². The summed E-state index contributed by atoms with van der Waals surface area (Å²) >= 11 is 1.14. The average molecular weight is 451 g/mol. The van der Waals surface area contributed by atoms with Crippen LogP contribution in [0.2, 0.25) is 0 Å². The van der Waals surface area contributed by atoms with E-state index in [-0.39, 0.29) is 17.4 Å². The molecule has 2 aromatic carbocycles. The highest BCUT2D eigenvalue weighted by molar-refractivity contribution is 7.99. The van der Waals surface area contributed by atoms with Gasteiger partial charge in [-0.1, -0.05) is 54.4 Å². The molecule has 0 saturated heterocycles. The maximum Gasteiger partial charge on any atom is 0.321 e. The third-order valence-corrected chi connectivity index (χ3v) is 6.55. The molecule has 0 aliphatic heterocycles. The molecule has 1 aromatic heterocycles. The fourth-order valence-electron chi connectivity index (χ4n) is 4.06. The molecule has 0 bridgehead atoms. The zero-order valence-corrected chi connectivity index (χ0v) is 19.0. The number of fused-ring (bicyclic) bond motifs is 1. The maximum atomic E-state index is 13.3. The molecule has 3 aromatic rings. The SMILES string of the molecule is Cc1ccc(-n2c(SCC(=O)NC(=O)NC3CCCC3)nc3ccccc3c2=O)c(C)c1. The van der Waals surface area contributed by atoms with Crippen LogP contribution in [-0.4, -0.2) is 33.3 Å². The van der Waals surface area contributed by atoms with Crippen LogP contribution in [0.4, 0.5) is 4.79 Å². The molecule has 7 nitrogen and oxygen atoms in total. The number of hydrogen-bond acceptors (Lipinski definition) is 5. The summed E-state index contributed by atoms with van der Waals surface area (Å²) in [7, 11) is 0. The number of aryl methyl sites for hydroxylation is 2. The van der Waals surface area contributed by atoms with Crippen molar-refractivity contribution in [3.63, 3.8) is 0 Å². The molecule has 0 unspecified atom stereocenters. The van der Waals surface area contributed by atoms with Gasteiger partial charge in [0.05, 0.1) is 22.3 Å². The summed E-state index contributed by atoms with van der Waals surface area (Å²) < 4.78 is 1.55. The largest absolute Gasteiger partial charge is 0.335 e. The molecule has 1 aliphatic rings. The molecule has 166 valence electrons. The van der Waals surface area contributed by atoms with Crippen molar-refractivity contribution in [3.05, 3.63) is 63.9 Å². The predicted molar refractivity (Wildman–Crippen MR) is 126 cm³/mol. The van der Waals surface area contributed by atoms with Gasteiger partial charge in [0, 0.05) is 6.04 Å². The van der Waals surface area contributed by atoms with Gasteiger partial charge >= 0.3 is 6.03 Å². The second kappa shape index (κ2) is 9.56. The van der Waals surface area contributed by atoms with E-state index in [9.17, 15) is 14.4 Å². The maximum absolute atomic E-state index is 13.3. The Morgan fingerprint density at radius 2 is 1.88 bits per heavy atom. The third-order valence-electron chi connectivity index (χ3n) is 5.61. The van der Waals surface area contributed by atoms with Crippen LogP contribution in [0, 0.1) is 13.8 Å². The first-order chi connectivity index (χ1) is 15.4. The van der Waals surface area contributed by atoms with Gasteiger partial charge in [0.25, 0.3) is 5.56 Å². The fourth-order valence-corrected chi connectivity index (χ4v) is 4.87. The number of benzene rings is 2. The first-order valence-corrected chi connectivity index (χ1v) is 11.7. The van der Waals surface area contributed by atoms with Gasteiger partial charge < -0.3 is 5.32 Å². The number of rotatable bonds is 5. The van der Waals surface area contributed by atoms with Crippen LogP contribution in [0.1, 0.15) is 36.8 Å². The quantitative estimate of drug-likeness (QED) is 0.455. The van der Waals surface area contributed by atoms with Crippen LogP contribution in [0.25, 0.3) is 16.6 Å². The summed E-state index contributed by atoms with van der Waals surface area (Å²) in [4.78, 5) is 42.5. The highest BCUT2D eigenvalue weighted by Gasteiger charge is 2.20. The van der Waals surface area contributed by atoms with Gasteiger partial charge in [-0.15, -0.1) is 0 Å². The van der Waals surface area contributed by atoms with Gasteiger partial charge in [0.1, 0.15) is 0 Å². The van der Waals surface area contributed by atoms with Crippen LogP contribution < -0.4 is 16.2 Å². The molecule has 1 saturated carbocycles. The molecule has 2 N–H and O–H groups in total. The molecule has 1 aliphatic carbocycles. The average Bonchev–Trinajstić information content (AvgIpc) is 3.26. The molecule has 32 heavy (non-hydrogen) atoms. The topological polar surface area (TPSA) is 93.1 Å². The molecular weight excluding hydrogens is 424 g/mol. The lowest BCUT2D eigenvalue weighted by atomic mass is 10.1. The monoisotopic (exact) mass is 450 g/mol. The number of nitrogens with one attached hydrogen (secondary N) is 2. The third kappa shape index (κ3) is 4.85. The summed E-state index contributed by atoms with van der Waals surface area (Å²) in [5.74, 6) is -0.464. The van der Waals surface area contributed by atoms with Crippen LogP contribution in [0.3, 0.4) is 0 Å². The summed E-state index contributed by atoms with van der Waals surface area (Å²) in [6, 6.07) is 12.7. The normalized spacial score (nSPS) is 13.9. The number of carbonyl (C=O) groups is 2. The van der Waals surface area contributed by atoms with E-state index in [4.69, 9.17) is 0 Å². The Hall–Kier alpha value is -3.13. The van der Waals surface area contributed by atoms with Crippen molar-refractivity contribution in [2.24, 2.45) is 0 Å². The number of para-hydroxylation sites is 1. The summed E-state index contributed by atoms with van der Waals surface area (Å²) in [6.07, 6.45) is 4.08. The molecule has 4 rings (SSSR count). The molecule has 8 heteroatoms. The first kappa shape index (κ1) is 22.1. The van der Waals surface area contributed by atoms with Gasteiger partial charge in [0.2, 0.25) is 5.91 Å². The molecule has 0 radical (unpaired) electrons. The minimum Gasteiger partial charge on any atom is -0.335 e. The fraction of sp³-hybridized carbons (Fsp3) is 0.333. The number of amides is 3. The number of nitrogens with zero attached hydrogens (tertiary/aromatic N) is 2. The number of urea groups is 1. The molecule has 0 atom stereocenters. The first-order valence-electron chi connectivity index (χ1n) is 10.7. The van der Waals surface area contributed by atoms with Crippen molar-refractivity contribution in [2.75, 3.05) is 5.75 Å². The minimum absolute atomic E-state index is 0.0340. The van der Waals surface area contributed by atoms with Crippen molar-refractivity contribution in [1.29, 1.82) is 0 Å². The molecule has 1 fully saturated rings. The van der Waals surface area contributed by atoms with E-state index in [1.807, 2.05) is 38.1 Å². The van der Waals surface area contributed by atoms with Crippen LogP contribution in [0.5, 0.6) is 0 Å². The lowest BCUT2D eigenvalue weighted by molar-refractivity contribution is -0.117. The lowest BCUT2D eigenvalue weighted by Gasteiger charge is -2.16. The zero-order valence-electron chi connectivity index (χ0n) is 18.2. The number of carbonyl (C=O) groups excluding carboxylic acids is 2. The standard InChI is InChI=1S/C24H26N4O3S/c1-15-11-12-20(16(2)13-15)28-22(30)18-9-5-6-10-19(18)26-24(28)32-14-21(29)27-23(31)25-17-7-3-4-8-17/h5-6,9-13,17H,3-4,7-8,14H2,1-2H3,(H2,25,27,29,31). The molecule has 3 amide bonds.